The standard InChI is InChI=1S/C20H24N2OS/c1-13-4-3-5-17(14(13)2)21-19(23)12-22-10-8-18-16(9-11-24-18)20(22)15-6-7-15/h3-5,9,11,15,20H,6-8,10,12H2,1-2H3,(H,21,23)/p+1/t20-/m1/s1. The van der Waals surface area contributed by atoms with E-state index in [1.807, 2.05) is 23.5 Å². The summed E-state index contributed by atoms with van der Waals surface area (Å²) in [5, 5.41) is 5.36. The first kappa shape index (κ1) is 15.9. The first-order valence-electron chi connectivity index (χ1n) is 8.90. The first-order chi connectivity index (χ1) is 11.6. The van der Waals surface area contributed by atoms with Gasteiger partial charge in [-0.3, -0.25) is 4.79 Å². The van der Waals surface area contributed by atoms with Gasteiger partial charge >= 0.3 is 0 Å². The van der Waals surface area contributed by atoms with Crippen LogP contribution in [0.25, 0.3) is 0 Å². The Labute approximate surface area is 147 Å². The second-order valence-corrected chi connectivity index (χ2v) is 8.25. The number of amides is 1. The number of benzene rings is 1. The van der Waals surface area contributed by atoms with Gasteiger partial charge in [-0.1, -0.05) is 12.1 Å². The van der Waals surface area contributed by atoms with E-state index in [-0.39, 0.29) is 5.91 Å². The smallest absolute Gasteiger partial charge is 0.279 e. The van der Waals surface area contributed by atoms with Crippen LogP contribution in [0.3, 0.4) is 0 Å². The van der Waals surface area contributed by atoms with Crippen molar-refractivity contribution in [2.24, 2.45) is 5.92 Å². The summed E-state index contributed by atoms with van der Waals surface area (Å²) in [6, 6.07) is 8.92. The molecule has 1 unspecified atom stereocenters. The number of rotatable bonds is 4. The highest BCUT2D eigenvalue weighted by Crippen LogP contribution is 2.42. The van der Waals surface area contributed by atoms with E-state index in [0.717, 1.165) is 24.6 Å². The molecule has 0 radical (unpaired) electrons. The molecule has 1 aromatic carbocycles. The first-order valence-corrected chi connectivity index (χ1v) is 9.78. The maximum Gasteiger partial charge on any atom is 0.279 e. The minimum atomic E-state index is 0.142. The lowest BCUT2D eigenvalue weighted by Crippen LogP contribution is -3.14. The summed E-state index contributed by atoms with van der Waals surface area (Å²) in [5.41, 5.74) is 4.86. The predicted molar refractivity (Wildman–Crippen MR) is 98.7 cm³/mol. The molecule has 1 fully saturated rings. The van der Waals surface area contributed by atoms with Crippen LogP contribution in [0.5, 0.6) is 0 Å². The zero-order valence-electron chi connectivity index (χ0n) is 14.4. The number of quaternary nitrogens is 1. The zero-order chi connectivity index (χ0) is 16.7. The molecule has 4 rings (SSSR count). The summed E-state index contributed by atoms with van der Waals surface area (Å²) >= 11 is 1.89. The number of aryl methyl sites for hydroxylation is 1. The van der Waals surface area contributed by atoms with Crippen molar-refractivity contribution in [2.75, 3.05) is 18.4 Å². The van der Waals surface area contributed by atoms with Gasteiger partial charge in [0.25, 0.3) is 5.91 Å². The number of carbonyl (C=O) groups is 1. The Morgan fingerprint density at radius 2 is 2.12 bits per heavy atom. The summed E-state index contributed by atoms with van der Waals surface area (Å²) in [4.78, 5) is 15.7. The van der Waals surface area contributed by atoms with Crippen molar-refractivity contribution < 1.29 is 9.69 Å². The highest BCUT2D eigenvalue weighted by Gasteiger charge is 2.43. The van der Waals surface area contributed by atoms with Gasteiger partial charge in [-0.25, -0.2) is 0 Å². The van der Waals surface area contributed by atoms with Crippen LogP contribution in [0.15, 0.2) is 29.6 Å². The molecular weight excluding hydrogens is 316 g/mol. The summed E-state index contributed by atoms with van der Waals surface area (Å²) in [6.45, 7) is 5.81. The van der Waals surface area contributed by atoms with E-state index < -0.39 is 0 Å². The number of carbonyl (C=O) groups excluding carboxylic acids is 1. The van der Waals surface area contributed by atoms with Gasteiger partial charge in [-0.05, 0) is 55.3 Å². The highest BCUT2D eigenvalue weighted by atomic mass is 32.1. The molecule has 1 saturated carbocycles. The average molecular weight is 342 g/mol. The fraction of sp³-hybridized carbons (Fsp3) is 0.450. The zero-order valence-corrected chi connectivity index (χ0v) is 15.2. The minimum Gasteiger partial charge on any atom is -0.321 e. The summed E-state index contributed by atoms with van der Waals surface area (Å²) in [6.07, 6.45) is 3.76. The quantitative estimate of drug-likeness (QED) is 0.881. The summed E-state index contributed by atoms with van der Waals surface area (Å²) < 4.78 is 0. The number of anilines is 1. The molecule has 2 heterocycles. The van der Waals surface area contributed by atoms with Crippen LogP contribution >= 0.6 is 11.3 Å². The number of hydrogen-bond acceptors (Lipinski definition) is 2. The molecule has 4 heteroatoms. The lowest BCUT2D eigenvalue weighted by atomic mass is 9.96. The van der Waals surface area contributed by atoms with E-state index in [1.165, 1.54) is 34.4 Å². The molecule has 1 aromatic heterocycles. The largest absolute Gasteiger partial charge is 0.321 e. The van der Waals surface area contributed by atoms with Gasteiger partial charge in [-0.15, -0.1) is 11.3 Å². The molecule has 1 amide bonds. The highest BCUT2D eigenvalue weighted by molar-refractivity contribution is 7.10. The Bertz CT molecular complexity index is 763. The Balaban J connectivity index is 1.48. The Morgan fingerprint density at radius 1 is 1.29 bits per heavy atom. The van der Waals surface area contributed by atoms with Crippen molar-refractivity contribution in [3.8, 4) is 0 Å². The topological polar surface area (TPSA) is 33.5 Å². The predicted octanol–water partition coefficient (Wildman–Crippen LogP) is 2.90. The SMILES string of the molecule is Cc1cccc(NC(=O)C[NH+]2CCc3sccc3[C@H]2C2CC2)c1C. The molecule has 1 aliphatic heterocycles. The fourth-order valence-electron chi connectivity index (χ4n) is 3.98. The van der Waals surface area contributed by atoms with Crippen molar-refractivity contribution in [3.63, 3.8) is 0 Å². The molecule has 2 aliphatic rings. The molecule has 0 bridgehead atoms. The van der Waals surface area contributed by atoms with Crippen molar-refractivity contribution in [1.29, 1.82) is 0 Å². The maximum atomic E-state index is 12.7. The monoisotopic (exact) mass is 341 g/mol. The third kappa shape index (κ3) is 3.01. The van der Waals surface area contributed by atoms with Gasteiger partial charge in [0.1, 0.15) is 6.04 Å². The third-order valence-corrected chi connectivity index (χ3v) is 6.58. The molecule has 3 nitrogen and oxygen atoms in total. The fourth-order valence-corrected chi connectivity index (χ4v) is 4.91. The molecular formula is C20H25N2OS+. The number of fused-ring (bicyclic) bond motifs is 1. The van der Waals surface area contributed by atoms with Crippen LogP contribution in [-0.2, 0) is 11.2 Å². The van der Waals surface area contributed by atoms with Gasteiger partial charge in [0.2, 0.25) is 0 Å². The van der Waals surface area contributed by atoms with Crippen molar-refractivity contribution in [3.05, 3.63) is 51.2 Å². The minimum absolute atomic E-state index is 0.142. The third-order valence-electron chi connectivity index (χ3n) is 5.59. The van der Waals surface area contributed by atoms with E-state index in [1.54, 1.807) is 4.88 Å². The number of nitrogens with one attached hydrogen (secondary N) is 2. The molecule has 1 aliphatic carbocycles. The van der Waals surface area contributed by atoms with Crippen LogP contribution < -0.4 is 10.2 Å². The second-order valence-electron chi connectivity index (χ2n) is 7.24. The molecule has 0 saturated heterocycles. The lowest BCUT2D eigenvalue weighted by Gasteiger charge is -2.32. The summed E-state index contributed by atoms with van der Waals surface area (Å²) in [7, 11) is 0. The van der Waals surface area contributed by atoms with E-state index in [2.05, 4.69) is 36.7 Å². The van der Waals surface area contributed by atoms with E-state index in [9.17, 15) is 4.79 Å². The average Bonchev–Trinajstić information content (AvgIpc) is 3.28. The normalized spacial score (nSPS) is 22.9. The Kier molecular flexibility index (Phi) is 4.19. The second kappa shape index (κ2) is 6.34. The van der Waals surface area contributed by atoms with E-state index in [0.29, 0.717) is 12.6 Å². The molecule has 126 valence electrons. The van der Waals surface area contributed by atoms with Crippen LogP contribution in [0.2, 0.25) is 0 Å². The Morgan fingerprint density at radius 3 is 2.92 bits per heavy atom. The lowest BCUT2D eigenvalue weighted by molar-refractivity contribution is -0.928. The van der Waals surface area contributed by atoms with Crippen LogP contribution in [-0.4, -0.2) is 19.0 Å². The van der Waals surface area contributed by atoms with Gasteiger partial charge in [0, 0.05) is 28.5 Å². The molecule has 2 N–H and O–H groups in total. The molecule has 24 heavy (non-hydrogen) atoms. The molecule has 2 atom stereocenters. The van der Waals surface area contributed by atoms with Crippen molar-refractivity contribution in [1.82, 2.24) is 0 Å². The Hall–Kier alpha value is -1.65. The molecule has 0 spiro atoms. The van der Waals surface area contributed by atoms with Crippen molar-refractivity contribution in [2.45, 2.75) is 39.2 Å². The molecule has 2 aromatic rings. The van der Waals surface area contributed by atoms with Crippen LogP contribution in [0.4, 0.5) is 5.69 Å². The van der Waals surface area contributed by atoms with Crippen LogP contribution in [0.1, 0.15) is 40.5 Å². The van der Waals surface area contributed by atoms with Gasteiger partial charge in [-0.2, -0.15) is 0 Å². The van der Waals surface area contributed by atoms with E-state index in [4.69, 9.17) is 0 Å². The van der Waals surface area contributed by atoms with Crippen molar-refractivity contribution >= 4 is 22.9 Å². The number of thiophene rings is 1. The van der Waals surface area contributed by atoms with Gasteiger partial charge in [0.05, 0.1) is 6.54 Å². The maximum absolute atomic E-state index is 12.7. The van der Waals surface area contributed by atoms with Gasteiger partial charge in [0.15, 0.2) is 6.54 Å². The summed E-state index contributed by atoms with van der Waals surface area (Å²) in [5.74, 6) is 0.921. The van der Waals surface area contributed by atoms with Crippen LogP contribution in [0, 0.1) is 19.8 Å². The van der Waals surface area contributed by atoms with E-state index >= 15 is 0 Å². The number of hydrogen-bond donors (Lipinski definition) is 2. The van der Waals surface area contributed by atoms with Gasteiger partial charge < -0.3 is 10.2 Å².